The summed E-state index contributed by atoms with van der Waals surface area (Å²) < 4.78 is 0. The Labute approximate surface area is 111 Å². The molecule has 3 N–H and O–H groups in total. The summed E-state index contributed by atoms with van der Waals surface area (Å²) in [7, 11) is 0. The van der Waals surface area contributed by atoms with E-state index < -0.39 is 0 Å². The maximum absolute atomic E-state index is 11.6. The molecule has 1 rings (SSSR count). The van der Waals surface area contributed by atoms with Gasteiger partial charge in [-0.3, -0.25) is 4.79 Å². The topological polar surface area (TPSA) is 55.1 Å². The molecule has 0 bridgehead atoms. The molecule has 0 saturated heterocycles. The summed E-state index contributed by atoms with van der Waals surface area (Å²) in [5, 5.41) is 3.24. The van der Waals surface area contributed by atoms with E-state index in [9.17, 15) is 4.79 Å². The van der Waals surface area contributed by atoms with Crippen LogP contribution in [-0.2, 0) is 4.79 Å². The molecule has 0 atom stereocenters. The molecule has 0 saturated carbocycles. The first-order valence-corrected chi connectivity index (χ1v) is 7.09. The average Bonchev–Trinajstić information content (AvgIpc) is 2.28. The van der Waals surface area contributed by atoms with Crippen LogP contribution in [0.3, 0.4) is 0 Å². The van der Waals surface area contributed by atoms with E-state index in [0.717, 1.165) is 18.6 Å². The third-order valence-corrected chi connectivity index (χ3v) is 3.50. The molecule has 1 aromatic carbocycles. The van der Waals surface area contributed by atoms with Gasteiger partial charge in [0.25, 0.3) is 0 Å². The molecule has 5 heteroatoms. The van der Waals surface area contributed by atoms with Crippen molar-refractivity contribution in [3.05, 3.63) is 23.2 Å². The second-order valence-electron chi connectivity index (χ2n) is 3.69. The van der Waals surface area contributed by atoms with Crippen molar-refractivity contribution < 1.29 is 4.79 Å². The maximum Gasteiger partial charge on any atom is 0.234 e. The quantitative estimate of drug-likeness (QED) is 0.616. The van der Waals surface area contributed by atoms with Gasteiger partial charge in [0.2, 0.25) is 5.91 Å². The zero-order valence-corrected chi connectivity index (χ0v) is 11.4. The second kappa shape index (κ2) is 7.45. The fraction of sp³-hybridized carbons (Fsp3) is 0.417. The number of hydrogen-bond acceptors (Lipinski definition) is 3. The molecule has 0 radical (unpaired) electrons. The van der Waals surface area contributed by atoms with Crippen molar-refractivity contribution in [1.29, 1.82) is 0 Å². The SMILES string of the molecule is CCCCSCC(=O)Nc1ccc(N)cc1Cl. The molecule has 0 spiro atoms. The highest BCUT2D eigenvalue weighted by Gasteiger charge is 2.05. The van der Waals surface area contributed by atoms with Crippen molar-refractivity contribution in [3.63, 3.8) is 0 Å². The minimum Gasteiger partial charge on any atom is -0.399 e. The zero-order valence-electron chi connectivity index (χ0n) is 9.83. The lowest BCUT2D eigenvalue weighted by molar-refractivity contribution is -0.113. The number of nitrogen functional groups attached to an aromatic ring is 1. The van der Waals surface area contributed by atoms with Crippen LogP contribution in [0.5, 0.6) is 0 Å². The van der Waals surface area contributed by atoms with Crippen LogP contribution in [0, 0.1) is 0 Å². The molecule has 0 heterocycles. The van der Waals surface area contributed by atoms with Crippen LogP contribution in [0.1, 0.15) is 19.8 Å². The van der Waals surface area contributed by atoms with Gasteiger partial charge in [0, 0.05) is 5.69 Å². The van der Waals surface area contributed by atoms with E-state index >= 15 is 0 Å². The Morgan fingerprint density at radius 3 is 2.94 bits per heavy atom. The Morgan fingerprint density at radius 1 is 1.53 bits per heavy atom. The molecule has 1 aromatic rings. The first-order valence-electron chi connectivity index (χ1n) is 5.56. The number of carbonyl (C=O) groups is 1. The Kier molecular flexibility index (Phi) is 6.22. The number of anilines is 2. The number of unbranched alkanes of at least 4 members (excludes halogenated alkanes) is 1. The van der Waals surface area contributed by atoms with Crippen LogP contribution in [0.4, 0.5) is 11.4 Å². The molecule has 0 unspecified atom stereocenters. The van der Waals surface area contributed by atoms with Gasteiger partial charge < -0.3 is 11.1 Å². The first kappa shape index (κ1) is 14.2. The molecule has 94 valence electrons. The summed E-state index contributed by atoms with van der Waals surface area (Å²) in [6.07, 6.45) is 2.29. The van der Waals surface area contributed by atoms with Gasteiger partial charge in [-0.1, -0.05) is 24.9 Å². The molecule has 3 nitrogen and oxygen atoms in total. The lowest BCUT2D eigenvalue weighted by atomic mass is 10.3. The Hall–Kier alpha value is -0.870. The second-order valence-corrected chi connectivity index (χ2v) is 5.21. The summed E-state index contributed by atoms with van der Waals surface area (Å²) in [5.41, 5.74) is 6.77. The Bertz CT molecular complexity index is 385. The van der Waals surface area contributed by atoms with Crippen LogP contribution in [-0.4, -0.2) is 17.4 Å². The third-order valence-electron chi connectivity index (χ3n) is 2.14. The zero-order chi connectivity index (χ0) is 12.7. The molecular weight excluding hydrogens is 256 g/mol. The van der Waals surface area contributed by atoms with Crippen molar-refractivity contribution in [2.75, 3.05) is 22.6 Å². The van der Waals surface area contributed by atoms with E-state index in [2.05, 4.69) is 12.2 Å². The van der Waals surface area contributed by atoms with Crippen molar-refractivity contribution >= 4 is 40.6 Å². The largest absolute Gasteiger partial charge is 0.399 e. The van der Waals surface area contributed by atoms with Gasteiger partial charge in [-0.25, -0.2) is 0 Å². The fourth-order valence-electron chi connectivity index (χ4n) is 1.23. The number of benzene rings is 1. The highest BCUT2D eigenvalue weighted by Crippen LogP contribution is 2.24. The summed E-state index contributed by atoms with van der Waals surface area (Å²) in [4.78, 5) is 11.6. The van der Waals surface area contributed by atoms with Gasteiger partial charge in [0.1, 0.15) is 0 Å². The number of hydrogen-bond donors (Lipinski definition) is 2. The van der Waals surface area contributed by atoms with E-state index in [1.54, 1.807) is 30.0 Å². The third kappa shape index (κ3) is 5.33. The summed E-state index contributed by atoms with van der Waals surface area (Å²) in [5.74, 6) is 1.44. The average molecular weight is 273 g/mol. The monoisotopic (exact) mass is 272 g/mol. The summed E-state index contributed by atoms with van der Waals surface area (Å²) in [6, 6.07) is 5.05. The predicted octanol–water partition coefficient (Wildman–Crippen LogP) is 3.39. The van der Waals surface area contributed by atoms with Crippen molar-refractivity contribution in [1.82, 2.24) is 0 Å². The van der Waals surface area contributed by atoms with Crippen LogP contribution < -0.4 is 11.1 Å². The standard InChI is InChI=1S/C12H17ClN2OS/c1-2-3-6-17-8-12(16)15-11-5-4-9(14)7-10(11)13/h4-5,7H,2-3,6,8,14H2,1H3,(H,15,16). The number of halogens is 1. The van der Waals surface area contributed by atoms with E-state index in [-0.39, 0.29) is 5.91 Å². The van der Waals surface area contributed by atoms with Gasteiger partial charge in [-0.05, 0) is 30.4 Å². The minimum absolute atomic E-state index is 0.0298. The summed E-state index contributed by atoms with van der Waals surface area (Å²) >= 11 is 7.59. The lowest BCUT2D eigenvalue weighted by Gasteiger charge is -2.07. The van der Waals surface area contributed by atoms with Crippen LogP contribution >= 0.6 is 23.4 Å². The molecule has 0 aliphatic heterocycles. The van der Waals surface area contributed by atoms with Gasteiger partial charge in [0.15, 0.2) is 0 Å². The van der Waals surface area contributed by atoms with Crippen molar-refractivity contribution in [2.24, 2.45) is 0 Å². The van der Waals surface area contributed by atoms with Gasteiger partial charge >= 0.3 is 0 Å². The predicted molar refractivity (Wildman–Crippen MR) is 76.7 cm³/mol. The number of amides is 1. The number of nitrogens with two attached hydrogens (primary N) is 1. The lowest BCUT2D eigenvalue weighted by Crippen LogP contribution is -2.14. The normalized spacial score (nSPS) is 10.2. The van der Waals surface area contributed by atoms with E-state index in [1.165, 1.54) is 0 Å². The number of rotatable bonds is 6. The highest BCUT2D eigenvalue weighted by molar-refractivity contribution is 7.99. The summed E-state index contributed by atoms with van der Waals surface area (Å²) in [6.45, 7) is 2.13. The van der Waals surface area contributed by atoms with E-state index in [0.29, 0.717) is 22.2 Å². The van der Waals surface area contributed by atoms with Crippen molar-refractivity contribution in [2.45, 2.75) is 19.8 Å². The maximum atomic E-state index is 11.6. The minimum atomic E-state index is -0.0298. The number of thioether (sulfide) groups is 1. The van der Waals surface area contributed by atoms with E-state index in [4.69, 9.17) is 17.3 Å². The molecule has 0 aliphatic rings. The fourth-order valence-corrected chi connectivity index (χ4v) is 2.36. The Morgan fingerprint density at radius 2 is 2.29 bits per heavy atom. The molecule has 17 heavy (non-hydrogen) atoms. The van der Waals surface area contributed by atoms with Crippen molar-refractivity contribution in [3.8, 4) is 0 Å². The molecule has 0 fully saturated rings. The smallest absolute Gasteiger partial charge is 0.234 e. The van der Waals surface area contributed by atoms with Crippen LogP contribution in [0.15, 0.2) is 18.2 Å². The Balaban J connectivity index is 2.40. The van der Waals surface area contributed by atoms with E-state index in [1.807, 2.05) is 0 Å². The molecular formula is C12H17ClN2OS. The van der Waals surface area contributed by atoms with Gasteiger partial charge in [-0.15, -0.1) is 0 Å². The number of carbonyl (C=O) groups excluding carboxylic acids is 1. The first-order chi connectivity index (χ1) is 8.13. The number of nitrogens with one attached hydrogen (secondary N) is 1. The van der Waals surface area contributed by atoms with Crippen LogP contribution in [0.25, 0.3) is 0 Å². The van der Waals surface area contributed by atoms with Gasteiger partial charge in [0.05, 0.1) is 16.5 Å². The molecule has 0 aromatic heterocycles. The molecule has 1 amide bonds. The molecule has 0 aliphatic carbocycles. The van der Waals surface area contributed by atoms with Crippen LogP contribution in [0.2, 0.25) is 5.02 Å². The van der Waals surface area contributed by atoms with Gasteiger partial charge in [-0.2, -0.15) is 11.8 Å². The highest BCUT2D eigenvalue weighted by atomic mass is 35.5.